The number of alkyl halides is 3. The van der Waals surface area contributed by atoms with Crippen LogP contribution in [0.5, 0.6) is 0 Å². The van der Waals surface area contributed by atoms with Gasteiger partial charge in [-0.2, -0.15) is 0 Å². The van der Waals surface area contributed by atoms with Gasteiger partial charge in [0.05, 0.1) is 23.5 Å². The number of ether oxygens (including phenoxy) is 1. The number of hydrogen-bond donors (Lipinski definition) is 1. The Labute approximate surface area is 148 Å². The van der Waals surface area contributed by atoms with Gasteiger partial charge in [0.1, 0.15) is 0 Å². The van der Waals surface area contributed by atoms with Gasteiger partial charge in [0, 0.05) is 17.5 Å². The second kappa shape index (κ2) is 6.59. The molecule has 0 aromatic rings. The fourth-order valence-corrected chi connectivity index (χ4v) is 6.01. The van der Waals surface area contributed by atoms with Gasteiger partial charge in [-0.05, 0) is 62.7 Å². The van der Waals surface area contributed by atoms with Crippen LogP contribution < -0.4 is 5.32 Å². The predicted octanol–water partition coefficient (Wildman–Crippen LogP) is 4.15. The quantitative estimate of drug-likeness (QED) is 0.586. The van der Waals surface area contributed by atoms with Crippen molar-refractivity contribution in [2.45, 2.75) is 79.3 Å². The summed E-state index contributed by atoms with van der Waals surface area (Å²) in [5, 5.41) is 4.58. The van der Waals surface area contributed by atoms with Crippen LogP contribution in [0.2, 0.25) is 0 Å². The van der Waals surface area contributed by atoms with E-state index < -0.39 is 0 Å². The van der Waals surface area contributed by atoms with E-state index in [2.05, 4.69) is 5.32 Å². The third kappa shape index (κ3) is 3.28. The molecule has 126 valence electrons. The molecule has 2 saturated heterocycles. The van der Waals surface area contributed by atoms with Crippen LogP contribution in [-0.4, -0.2) is 40.9 Å². The third-order valence-corrected chi connectivity index (χ3v) is 8.03. The summed E-state index contributed by atoms with van der Waals surface area (Å²) in [4.78, 5) is 0. The van der Waals surface area contributed by atoms with Crippen LogP contribution in [0, 0.1) is 17.8 Å². The topological polar surface area (TPSA) is 24.6 Å². The third-order valence-electron chi connectivity index (χ3n) is 6.50. The van der Waals surface area contributed by atoms with Crippen molar-refractivity contribution < 1.29 is 4.74 Å². The highest BCUT2D eigenvalue weighted by Gasteiger charge is 2.50. The summed E-state index contributed by atoms with van der Waals surface area (Å²) >= 11 is 19.2. The van der Waals surface area contributed by atoms with E-state index >= 15 is 0 Å². The highest BCUT2D eigenvalue weighted by Crippen LogP contribution is 2.46. The Balaban J connectivity index is 1.47. The monoisotopic (exact) mass is 365 g/mol. The molecule has 0 amide bonds. The molecular formula is C17H26Cl3NO. The normalized spacial score (nSPS) is 55.5. The maximum absolute atomic E-state index is 6.46. The lowest BCUT2D eigenvalue weighted by atomic mass is 9.66. The second-order valence-corrected chi connectivity index (χ2v) is 9.57. The lowest BCUT2D eigenvalue weighted by Crippen LogP contribution is -2.59. The molecule has 0 aromatic heterocycles. The Morgan fingerprint density at radius 2 is 1.45 bits per heavy atom. The zero-order chi connectivity index (χ0) is 15.3. The summed E-state index contributed by atoms with van der Waals surface area (Å²) in [5.74, 6) is 2.10. The van der Waals surface area contributed by atoms with Crippen molar-refractivity contribution in [1.29, 1.82) is 0 Å². The van der Waals surface area contributed by atoms with Crippen molar-refractivity contribution in [1.82, 2.24) is 5.32 Å². The molecule has 0 radical (unpaired) electrons. The number of rotatable bonds is 2. The SMILES string of the molecule is ClC1CCC(C2CC(C3CO3)C3CC(Cl)C(Cl)CC3N2)CC1. The molecular weight excluding hydrogens is 341 g/mol. The van der Waals surface area contributed by atoms with Gasteiger partial charge in [-0.1, -0.05) is 0 Å². The van der Waals surface area contributed by atoms with E-state index in [0.717, 1.165) is 25.4 Å². The summed E-state index contributed by atoms with van der Waals surface area (Å²) in [7, 11) is 0. The van der Waals surface area contributed by atoms with Crippen LogP contribution >= 0.6 is 34.8 Å². The van der Waals surface area contributed by atoms with E-state index in [-0.39, 0.29) is 10.8 Å². The summed E-state index contributed by atoms with van der Waals surface area (Å²) in [5.41, 5.74) is 0. The Bertz CT molecular complexity index is 397. The van der Waals surface area contributed by atoms with Crippen molar-refractivity contribution in [2.75, 3.05) is 6.61 Å². The molecule has 2 heterocycles. The summed E-state index contributed by atoms with van der Waals surface area (Å²) in [6, 6.07) is 1.15. The van der Waals surface area contributed by atoms with E-state index in [4.69, 9.17) is 39.5 Å². The van der Waals surface area contributed by atoms with Gasteiger partial charge in [0.25, 0.3) is 0 Å². The highest BCUT2D eigenvalue weighted by molar-refractivity contribution is 6.30. The predicted molar refractivity (Wildman–Crippen MR) is 92.2 cm³/mol. The molecule has 2 aliphatic heterocycles. The zero-order valence-electron chi connectivity index (χ0n) is 12.9. The average Bonchev–Trinajstić information content (AvgIpc) is 3.33. The number of hydrogen-bond acceptors (Lipinski definition) is 2. The molecule has 22 heavy (non-hydrogen) atoms. The highest BCUT2D eigenvalue weighted by atomic mass is 35.5. The molecule has 7 atom stereocenters. The molecule has 4 aliphatic rings. The Hall–Kier alpha value is 0.790. The first-order valence-electron chi connectivity index (χ1n) is 8.91. The standard InChI is InChI=1S/C17H26Cl3NO/c18-10-3-1-9(2-4-10)15-6-12(17-8-22-17)11-5-13(19)14(20)7-16(11)21-15/h9-17,21H,1-8H2. The minimum absolute atomic E-state index is 0.105. The number of nitrogens with one attached hydrogen (secondary N) is 1. The second-order valence-electron chi connectivity index (χ2n) is 7.83. The maximum Gasteiger partial charge on any atom is 0.0841 e. The Kier molecular flexibility index (Phi) is 4.88. The van der Waals surface area contributed by atoms with E-state index in [1.165, 1.54) is 32.1 Å². The van der Waals surface area contributed by atoms with Gasteiger partial charge < -0.3 is 10.1 Å². The first-order chi connectivity index (χ1) is 10.6. The number of halogens is 3. The molecule has 0 aromatic carbocycles. The van der Waals surface area contributed by atoms with Crippen LogP contribution in [0.15, 0.2) is 0 Å². The van der Waals surface area contributed by atoms with E-state index in [1.54, 1.807) is 0 Å². The van der Waals surface area contributed by atoms with Gasteiger partial charge in [-0.15, -0.1) is 34.8 Å². The summed E-state index contributed by atoms with van der Waals surface area (Å²) < 4.78 is 5.69. The molecule has 7 unspecified atom stereocenters. The lowest BCUT2D eigenvalue weighted by molar-refractivity contribution is 0.0631. The molecule has 2 saturated carbocycles. The van der Waals surface area contributed by atoms with Gasteiger partial charge in [0.15, 0.2) is 0 Å². The van der Waals surface area contributed by atoms with Gasteiger partial charge in [-0.25, -0.2) is 0 Å². The van der Waals surface area contributed by atoms with Gasteiger partial charge in [-0.3, -0.25) is 0 Å². The van der Waals surface area contributed by atoms with E-state index in [0.29, 0.717) is 35.4 Å². The van der Waals surface area contributed by atoms with Crippen molar-refractivity contribution >= 4 is 34.8 Å². The smallest absolute Gasteiger partial charge is 0.0841 e. The van der Waals surface area contributed by atoms with Crippen molar-refractivity contribution in [3.63, 3.8) is 0 Å². The molecule has 1 N–H and O–H groups in total. The fraction of sp³-hybridized carbons (Fsp3) is 1.00. The van der Waals surface area contributed by atoms with Gasteiger partial charge >= 0.3 is 0 Å². The molecule has 2 aliphatic carbocycles. The first-order valence-corrected chi connectivity index (χ1v) is 10.2. The van der Waals surface area contributed by atoms with E-state index in [1.807, 2.05) is 0 Å². The maximum atomic E-state index is 6.46. The van der Waals surface area contributed by atoms with E-state index in [9.17, 15) is 0 Å². The number of epoxide rings is 1. The van der Waals surface area contributed by atoms with Crippen LogP contribution in [-0.2, 0) is 4.74 Å². The zero-order valence-corrected chi connectivity index (χ0v) is 15.2. The lowest BCUT2D eigenvalue weighted by Gasteiger charge is -2.50. The molecule has 5 heteroatoms. The largest absolute Gasteiger partial charge is 0.373 e. The van der Waals surface area contributed by atoms with Crippen LogP contribution in [0.4, 0.5) is 0 Å². The summed E-state index contributed by atoms with van der Waals surface area (Å²) in [6.07, 6.45) is 8.66. The Morgan fingerprint density at radius 1 is 0.773 bits per heavy atom. The van der Waals surface area contributed by atoms with Crippen molar-refractivity contribution in [2.24, 2.45) is 17.8 Å². The van der Waals surface area contributed by atoms with Gasteiger partial charge in [0.2, 0.25) is 0 Å². The summed E-state index contributed by atoms with van der Waals surface area (Å²) in [6.45, 7) is 0.951. The number of fused-ring (bicyclic) bond motifs is 1. The molecule has 2 nitrogen and oxygen atoms in total. The minimum Gasteiger partial charge on any atom is -0.373 e. The van der Waals surface area contributed by atoms with Crippen molar-refractivity contribution in [3.05, 3.63) is 0 Å². The molecule has 4 fully saturated rings. The van der Waals surface area contributed by atoms with Crippen LogP contribution in [0.25, 0.3) is 0 Å². The minimum atomic E-state index is 0.105. The first kappa shape index (κ1) is 16.3. The fourth-order valence-electron chi connectivity index (χ4n) is 5.15. The molecule has 4 rings (SSSR count). The van der Waals surface area contributed by atoms with Crippen molar-refractivity contribution in [3.8, 4) is 0 Å². The average molecular weight is 367 g/mol. The molecule has 0 spiro atoms. The number of piperidine rings is 1. The van der Waals surface area contributed by atoms with Crippen LogP contribution in [0.3, 0.4) is 0 Å². The molecule has 0 bridgehead atoms. The van der Waals surface area contributed by atoms with Crippen LogP contribution in [0.1, 0.15) is 44.9 Å². The Morgan fingerprint density at radius 3 is 2.14 bits per heavy atom.